The van der Waals surface area contributed by atoms with E-state index in [9.17, 15) is 0 Å². The summed E-state index contributed by atoms with van der Waals surface area (Å²) in [5.74, 6) is 1.46. The minimum atomic E-state index is 0.225. The van der Waals surface area contributed by atoms with Crippen LogP contribution in [0.15, 0.2) is 18.2 Å². The van der Waals surface area contributed by atoms with Crippen molar-refractivity contribution in [3.05, 3.63) is 23.8 Å². The molecule has 1 unspecified atom stereocenters. The van der Waals surface area contributed by atoms with Crippen LogP contribution in [-0.4, -0.2) is 25.2 Å². The van der Waals surface area contributed by atoms with Crippen LogP contribution in [0.1, 0.15) is 45.6 Å². The molecule has 0 saturated carbocycles. The van der Waals surface area contributed by atoms with E-state index >= 15 is 0 Å². The lowest BCUT2D eigenvalue weighted by Gasteiger charge is -2.20. The molecule has 0 bridgehead atoms. The average Bonchev–Trinajstić information content (AvgIpc) is 2.69. The van der Waals surface area contributed by atoms with Gasteiger partial charge in [-0.05, 0) is 43.9 Å². The summed E-state index contributed by atoms with van der Waals surface area (Å²) >= 11 is 0. The Morgan fingerprint density at radius 3 is 2.63 bits per heavy atom. The molecule has 0 spiro atoms. The van der Waals surface area contributed by atoms with E-state index in [1.54, 1.807) is 7.11 Å². The molecule has 1 heterocycles. The van der Waals surface area contributed by atoms with E-state index in [1.807, 2.05) is 0 Å². The normalized spacial score (nSPS) is 21.7. The van der Waals surface area contributed by atoms with Gasteiger partial charge in [0.05, 0.1) is 12.8 Å². The van der Waals surface area contributed by atoms with E-state index in [0.29, 0.717) is 12.0 Å². The Kier molecular flexibility index (Phi) is 4.04. The summed E-state index contributed by atoms with van der Waals surface area (Å²) in [4.78, 5) is 0. The lowest BCUT2D eigenvalue weighted by molar-refractivity contribution is 0.415. The molecule has 1 saturated heterocycles. The average molecular weight is 262 g/mol. The summed E-state index contributed by atoms with van der Waals surface area (Å²) in [6.07, 6.45) is 1.13. The van der Waals surface area contributed by atoms with Crippen molar-refractivity contribution in [2.45, 2.75) is 51.6 Å². The summed E-state index contributed by atoms with van der Waals surface area (Å²) in [6, 6.07) is 6.93. The van der Waals surface area contributed by atoms with Crippen LogP contribution in [0, 0.1) is 0 Å². The van der Waals surface area contributed by atoms with Crippen LogP contribution in [0.4, 0.5) is 5.69 Å². The van der Waals surface area contributed by atoms with E-state index < -0.39 is 0 Å². The van der Waals surface area contributed by atoms with Crippen LogP contribution in [0.3, 0.4) is 0 Å². The minimum Gasteiger partial charge on any atom is -0.495 e. The highest BCUT2D eigenvalue weighted by molar-refractivity contribution is 5.59. The highest BCUT2D eigenvalue weighted by Crippen LogP contribution is 2.31. The predicted octanol–water partition coefficient (Wildman–Crippen LogP) is 3.37. The third-order valence-corrected chi connectivity index (χ3v) is 3.84. The molecule has 0 radical (unpaired) electrons. The first-order valence-electron chi connectivity index (χ1n) is 7.11. The molecular weight excluding hydrogens is 236 g/mol. The molecule has 19 heavy (non-hydrogen) atoms. The van der Waals surface area contributed by atoms with Crippen LogP contribution in [0.2, 0.25) is 0 Å². The van der Waals surface area contributed by atoms with Crippen molar-refractivity contribution < 1.29 is 4.74 Å². The Morgan fingerprint density at radius 2 is 2.11 bits per heavy atom. The van der Waals surface area contributed by atoms with Crippen molar-refractivity contribution in [2.75, 3.05) is 19.0 Å². The molecule has 1 fully saturated rings. The van der Waals surface area contributed by atoms with Crippen LogP contribution in [-0.2, 0) is 0 Å². The maximum Gasteiger partial charge on any atom is 0.142 e. The van der Waals surface area contributed by atoms with Gasteiger partial charge in [0.2, 0.25) is 0 Å². The van der Waals surface area contributed by atoms with Gasteiger partial charge in [0.25, 0.3) is 0 Å². The van der Waals surface area contributed by atoms with Crippen molar-refractivity contribution in [2.24, 2.45) is 0 Å². The van der Waals surface area contributed by atoms with E-state index in [-0.39, 0.29) is 5.54 Å². The second-order valence-electron chi connectivity index (χ2n) is 6.42. The molecular formula is C16H26N2O. The number of hydrogen-bond donors (Lipinski definition) is 2. The van der Waals surface area contributed by atoms with E-state index in [1.165, 1.54) is 5.56 Å². The molecule has 106 valence electrons. The number of methoxy groups -OCH3 is 1. The summed E-state index contributed by atoms with van der Waals surface area (Å²) in [7, 11) is 1.74. The molecule has 0 aromatic heterocycles. The Bertz CT molecular complexity index is 440. The lowest BCUT2D eigenvalue weighted by atomic mass is 10.0. The van der Waals surface area contributed by atoms with Gasteiger partial charge in [-0.3, -0.25) is 0 Å². The number of rotatable bonds is 4. The van der Waals surface area contributed by atoms with Gasteiger partial charge in [0.1, 0.15) is 5.75 Å². The summed E-state index contributed by atoms with van der Waals surface area (Å²) < 4.78 is 5.52. The maximum atomic E-state index is 5.52. The fourth-order valence-electron chi connectivity index (χ4n) is 2.67. The molecule has 3 nitrogen and oxygen atoms in total. The first-order chi connectivity index (χ1) is 8.91. The first kappa shape index (κ1) is 14.2. The van der Waals surface area contributed by atoms with Crippen LogP contribution < -0.4 is 15.4 Å². The predicted molar refractivity (Wildman–Crippen MR) is 81.2 cm³/mol. The fourth-order valence-corrected chi connectivity index (χ4v) is 2.67. The molecule has 1 aromatic carbocycles. The number of hydrogen-bond acceptors (Lipinski definition) is 3. The third kappa shape index (κ3) is 3.41. The summed E-state index contributed by atoms with van der Waals surface area (Å²) in [6.45, 7) is 9.89. The molecule has 0 amide bonds. The molecule has 1 aromatic rings. The molecule has 1 aliphatic rings. The summed E-state index contributed by atoms with van der Waals surface area (Å²) in [5, 5.41) is 7.12. The van der Waals surface area contributed by atoms with Crippen molar-refractivity contribution >= 4 is 5.69 Å². The van der Waals surface area contributed by atoms with Crippen LogP contribution >= 0.6 is 0 Å². The minimum absolute atomic E-state index is 0.225. The van der Waals surface area contributed by atoms with Crippen molar-refractivity contribution in [1.29, 1.82) is 0 Å². The zero-order valence-corrected chi connectivity index (χ0v) is 12.7. The molecule has 0 aliphatic carbocycles. The van der Waals surface area contributed by atoms with Crippen molar-refractivity contribution in [3.63, 3.8) is 0 Å². The number of nitrogens with one attached hydrogen (secondary N) is 2. The Labute approximate surface area is 116 Å². The molecule has 3 heteroatoms. The maximum absolute atomic E-state index is 5.52. The Hall–Kier alpha value is -1.22. The van der Waals surface area contributed by atoms with Gasteiger partial charge in [0, 0.05) is 18.1 Å². The number of ether oxygens (including phenoxy) is 1. The standard InChI is InChI=1S/C16H26N2O/c1-11(2)12-6-7-14(15(8-12)19-5)18-13-9-16(3,4)17-10-13/h6-8,11,13,17-18H,9-10H2,1-5H3. The van der Waals surface area contributed by atoms with Gasteiger partial charge in [-0.1, -0.05) is 19.9 Å². The van der Waals surface area contributed by atoms with Gasteiger partial charge in [-0.2, -0.15) is 0 Å². The smallest absolute Gasteiger partial charge is 0.142 e. The summed E-state index contributed by atoms with van der Waals surface area (Å²) in [5.41, 5.74) is 2.63. The largest absolute Gasteiger partial charge is 0.495 e. The molecule has 1 aliphatic heterocycles. The zero-order chi connectivity index (χ0) is 14.0. The Balaban J connectivity index is 2.12. The monoisotopic (exact) mass is 262 g/mol. The van der Waals surface area contributed by atoms with Crippen molar-refractivity contribution in [3.8, 4) is 5.75 Å². The van der Waals surface area contributed by atoms with Gasteiger partial charge >= 0.3 is 0 Å². The second-order valence-corrected chi connectivity index (χ2v) is 6.42. The number of anilines is 1. The van der Waals surface area contributed by atoms with Gasteiger partial charge < -0.3 is 15.4 Å². The fraction of sp³-hybridized carbons (Fsp3) is 0.625. The number of benzene rings is 1. The Morgan fingerprint density at radius 1 is 1.37 bits per heavy atom. The second kappa shape index (κ2) is 5.41. The molecule has 2 rings (SSSR count). The van der Waals surface area contributed by atoms with Crippen molar-refractivity contribution in [1.82, 2.24) is 5.32 Å². The lowest BCUT2D eigenvalue weighted by Crippen LogP contribution is -2.31. The molecule has 2 N–H and O–H groups in total. The van der Waals surface area contributed by atoms with E-state index in [2.05, 4.69) is 56.5 Å². The van der Waals surface area contributed by atoms with Crippen LogP contribution in [0.25, 0.3) is 0 Å². The zero-order valence-electron chi connectivity index (χ0n) is 12.7. The highest BCUT2D eigenvalue weighted by atomic mass is 16.5. The topological polar surface area (TPSA) is 33.3 Å². The van der Waals surface area contributed by atoms with Gasteiger partial charge in [0.15, 0.2) is 0 Å². The molecule has 1 atom stereocenters. The van der Waals surface area contributed by atoms with E-state index in [0.717, 1.165) is 24.4 Å². The van der Waals surface area contributed by atoms with Crippen LogP contribution in [0.5, 0.6) is 5.75 Å². The first-order valence-corrected chi connectivity index (χ1v) is 7.11. The van der Waals surface area contributed by atoms with E-state index in [4.69, 9.17) is 4.74 Å². The quantitative estimate of drug-likeness (QED) is 0.873. The van der Waals surface area contributed by atoms with Gasteiger partial charge in [-0.15, -0.1) is 0 Å². The third-order valence-electron chi connectivity index (χ3n) is 3.84. The SMILES string of the molecule is COc1cc(C(C)C)ccc1NC1CNC(C)(C)C1. The van der Waals surface area contributed by atoms with Gasteiger partial charge in [-0.25, -0.2) is 0 Å². The highest BCUT2D eigenvalue weighted by Gasteiger charge is 2.30.